The van der Waals surface area contributed by atoms with Crippen LogP contribution in [0.25, 0.3) is 10.9 Å². The summed E-state index contributed by atoms with van der Waals surface area (Å²) >= 11 is 0. The Morgan fingerprint density at radius 3 is 2.59 bits per heavy atom. The highest BCUT2D eigenvalue weighted by Crippen LogP contribution is 2.22. The van der Waals surface area contributed by atoms with Crippen molar-refractivity contribution in [2.24, 2.45) is 5.73 Å². The van der Waals surface area contributed by atoms with E-state index in [0.29, 0.717) is 6.42 Å². The molecule has 4 heteroatoms. The fourth-order valence-electron chi connectivity index (χ4n) is 3.74. The number of nitrogens with two attached hydrogens (primary N) is 1. The van der Waals surface area contributed by atoms with Gasteiger partial charge >= 0.3 is 0 Å². The van der Waals surface area contributed by atoms with E-state index in [1.54, 1.807) is 6.20 Å². The largest absolute Gasteiger partial charge is 0.399 e. The van der Waals surface area contributed by atoms with Crippen LogP contribution in [0.3, 0.4) is 0 Å². The second-order valence-corrected chi connectivity index (χ2v) is 8.13. The zero-order chi connectivity index (χ0) is 24.3. The van der Waals surface area contributed by atoms with Crippen molar-refractivity contribution >= 4 is 10.9 Å². The molecule has 0 saturated carbocycles. The van der Waals surface area contributed by atoms with Crippen LogP contribution in [0.2, 0.25) is 0 Å². The fraction of sp³-hybridized carbons (Fsp3) is 0.167. The molecule has 3 rings (SSSR count). The van der Waals surface area contributed by atoms with Gasteiger partial charge in [-0.05, 0) is 59.9 Å². The summed E-state index contributed by atoms with van der Waals surface area (Å²) in [5, 5.41) is 4.57. The molecule has 0 saturated heterocycles. The van der Waals surface area contributed by atoms with E-state index >= 15 is 0 Å². The van der Waals surface area contributed by atoms with E-state index in [9.17, 15) is 0 Å². The summed E-state index contributed by atoms with van der Waals surface area (Å²) in [6.45, 7) is 13.8. The SMILES string of the molecule is C=C/C(=C\C(=C/C)C(=C)/C=C(Cc1cc2cnccc2[nH]1)\C(N)=C/C)CNCc1ccccc1. The van der Waals surface area contributed by atoms with Gasteiger partial charge in [-0.15, -0.1) is 0 Å². The number of nitrogens with one attached hydrogen (secondary N) is 2. The predicted octanol–water partition coefficient (Wildman–Crippen LogP) is 6.30. The van der Waals surface area contributed by atoms with Crippen molar-refractivity contribution in [1.29, 1.82) is 0 Å². The van der Waals surface area contributed by atoms with Crippen LogP contribution in [0.15, 0.2) is 126 Å². The molecule has 0 aliphatic carbocycles. The van der Waals surface area contributed by atoms with Crippen molar-refractivity contribution in [2.45, 2.75) is 26.8 Å². The maximum absolute atomic E-state index is 6.36. The van der Waals surface area contributed by atoms with Gasteiger partial charge in [0.15, 0.2) is 0 Å². The van der Waals surface area contributed by atoms with Gasteiger partial charge in [0.05, 0.1) is 0 Å². The van der Waals surface area contributed by atoms with Crippen molar-refractivity contribution < 1.29 is 0 Å². The van der Waals surface area contributed by atoms with Gasteiger partial charge in [-0.1, -0.05) is 67.8 Å². The minimum atomic E-state index is 0.678. The first kappa shape index (κ1) is 24.7. The topological polar surface area (TPSA) is 66.7 Å². The molecule has 2 heterocycles. The van der Waals surface area contributed by atoms with Gasteiger partial charge in [0, 0.05) is 54.2 Å². The third-order valence-corrected chi connectivity index (χ3v) is 5.67. The molecular formula is C30H34N4. The predicted molar refractivity (Wildman–Crippen MR) is 145 cm³/mol. The van der Waals surface area contributed by atoms with Crippen LogP contribution in [-0.4, -0.2) is 16.5 Å². The van der Waals surface area contributed by atoms with Crippen LogP contribution in [0, 0.1) is 0 Å². The highest BCUT2D eigenvalue weighted by Gasteiger charge is 2.08. The number of hydrogen-bond donors (Lipinski definition) is 3. The number of aromatic amines is 1. The van der Waals surface area contributed by atoms with E-state index in [2.05, 4.69) is 77.0 Å². The van der Waals surface area contributed by atoms with Gasteiger partial charge in [-0.3, -0.25) is 4.98 Å². The Hall–Kier alpha value is -3.89. The highest BCUT2D eigenvalue weighted by atomic mass is 14.8. The minimum Gasteiger partial charge on any atom is -0.399 e. The Bertz CT molecular complexity index is 1220. The molecule has 0 spiro atoms. The molecule has 1 aromatic carbocycles. The summed E-state index contributed by atoms with van der Waals surface area (Å²) in [6, 6.07) is 14.5. The van der Waals surface area contributed by atoms with Gasteiger partial charge in [0.25, 0.3) is 0 Å². The summed E-state index contributed by atoms with van der Waals surface area (Å²) in [6.07, 6.45) is 14.4. The molecule has 4 nitrogen and oxygen atoms in total. The number of allylic oxidation sites excluding steroid dienone is 7. The molecule has 0 amide bonds. The molecule has 0 radical (unpaired) electrons. The average molecular weight is 451 g/mol. The third kappa shape index (κ3) is 6.80. The molecule has 0 unspecified atom stereocenters. The van der Waals surface area contributed by atoms with Gasteiger partial charge in [0.1, 0.15) is 0 Å². The Labute approximate surface area is 203 Å². The number of fused-ring (bicyclic) bond motifs is 1. The monoisotopic (exact) mass is 450 g/mol. The third-order valence-electron chi connectivity index (χ3n) is 5.67. The minimum absolute atomic E-state index is 0.678. The number of rotatable bonds is 11. The molecule has 3 aromatic rings. The summed E-state index contributed by atoms with van der Waals surface area (Å²) in [7, 11) is 0. The zero-order valence-electron chi connectivity index (χ0n) is 20.1. The van der Waals surface area contributed by atoms with E-state index in [0.717, 1.165) is 57.7 Å². The van der Waals surface area contributed by atoms with Crippen LogP contribution in [0.1, 0.15) is 25.1 Å². The van der Waals surface area contributed by atoms with Crippen molar-refractivity contribution in [3.63, 3.8) is 0 Å². The summed E-state index contributed by atoms with van der Waals surface area (Å²) in [5.74, 6) is 0. The lowest BCUT2D eigenvalue weighted by Gasteiger charge is -2.11. The van der Waals surface area contributed by atoms with Crippen LogP contribution >= 0.6 is 0 Å². The molecule has 34 heavy (non-hydrogen) atoms. The average Bonchev–Trinajstić information content (AvgIpc) is 3.28. The van der Waals surface area contributed by atoms with E-state index < -0.39 is 0 Å². The number of H-pyrrole nitrogens is 1. The maximum Gasteiger partial charge on any atom is 0.0487 e. The Kier molecular flexibility index (Phi) is 9.01. The molecule has 0 aliphatic heterocycles. The van der Waals surface area contributed by atoms with Crippen LogP contribution in [-0.2, 0) is 13.0 Å². The lowest BCUT2D eigenvalue weighted by atomic mass is 9.98. The van der Waals surface area contributed by atoms with E-state index in [4.69, 9.17) is 5.73 Å². The molecular weight excluding hydrogens is 416 g/mol. The molecule has 0 aliphatic rings. The maximum atomic E-state index is 6.36. The first-order chi connectivity index (χ1) is 16.5. The number of nitrogens with zero attached hydrogens (tertiary/aromatic N) is 1. The quantitative estimate of drug-likeness (QED) is 0.300. The normalized spacial score (nSPS) is 13.4. The van der Waals surface area contributed by atoms with E-state index in [1.165, 1.54) is 5.56 Å². The molecule has 2 aromatic heterocycles. The zero-order valence-corrected chi connectivity index (χ0v) is 20.1. The Morgan fingerprint density at radius 1 is 1.12 bits per heavy atom. The van der Waals surface area contributed by atoms with Crippen molar-refractivity contribution in [3.05, 3.63) is 138 Å². The van der Waals surface area contributed by atoms with Gasteiger partial charge < -0.3 is 16.0 Å². The first-order valence-electron chi connectivity index (χ1n) is 11.5. The van der Waals surface area contributed by atoms with Crippen LogP contribution < -0.4 is 11.1 Å². The molecule has 4 N–H and O–H groups in total. The number of aromatic nitrogens is 2. The molecule has 174 valence electrons. The lowest BCUT2D eigenvalue weighted by Crippen LogP contribution is -2.16. The molecule has 0 bridgehead atoms. The molecule has 0 atom stereocenters. The fourth-order valence-corrected chi connectivity index (χ4v) is 3.74. The van der Waals surface area contributed by atoms with Gasteiger partial charge in [-0.2, -0.15) is 0 Å². The second kappa shape index (κ2) is 12.4. The van der Waals surface area contributed by atoms with Crippen molar-refractivity contribution in [2.75, 3.05) is 6.54 Å². The highest BCUT2D eigenvalue weighted by molar-refractivity contribution is 5.79. The van der Waals surface area contributed by atoms with Gasteiger partial charge in [0.2, 0.25) is 0 Å². The van der Waals surface area contributed by atoms with Crippen LogP contribution in [0.5, 0.6) is 0 Å². The first-order valence-corrected chi connectivity index (χ1v) is 11.5. The standard InChI is InChI=1S/C30H34N4/c1-5-23(19-33-20-24-11-9-8-10-12-24)16-25(6-2)22(4)15-26(29(31)7-3)17-28-18-27-21-32-14-13-30(27)34-28/h5-16,18,21,33-34H,1,4,17,19-20,31H2,2-3H3/b23-16+,25-6+,26-15-,29-7+. The number of hydrogen-bond acceptors (Lipinski definition) is 3. The number of pyridine rings is 1. The Balaban J connectivity index is 1.75. The van der Waals surface area contributed by atoms with Crippen molar-refractivity contribution in [1.82, 2.24) is 15.3 Å². The summed E-state index contributed by atoms with van der Waals surface area (Å²) < 4.78 is 0. The lowest BCUT2D eigenvalue weighted by molar-refractivity contribution is 0.747. The number of benzene rings is 1. The van der Waals surface area contributed by atoms with Crippen molar-refractivity contribution in [3.8, 4) is 0 Å². The van der Waals surface area contributed by atoms with E-state index in [-0.39, 0.29) is 0 Å². The smallest absolute Gasteiger partial charge is 0.0487 e. The Morgan fingerprint density at radius 2 is 1.91 bits per heavy atom. The summed E-state index contributed by atoms with van der Waals surface area (Å²) in [4.78, 5) is 7.66. The second-order valence-electron chi connectivity index (χ2n) is 8.13. The van der Waals surface area contributed by atoms with Gasteiger partial charge in [-0.25, -0.2) is 0 Å². The summed E-state index contributed by atoms with van der Waals surface area (Å²) in [5.41, 5.74) is 14.6. The molecule has 0 fully saturated rings. The van der Waals surface area contributed by atoms with E-state index in [1.807, 2.05) is 44.3 Å². The van der Waals surface area contributed by atoms with Crippen LogP contribution in [0.4, 0.5) is 0 Å².